The quantitative estimate of drug-likeness (QED) is 0.808. The van der Waals surface area contributed by atoms with E-state index in [1.54, 1.807) is 0 Å². The Morgan fingerprint density at radius 3 is 2.81 bits per heavy atom. The lowest BCUT2D eigenvalue weighted by atomic mass is 9.82. The zero-order valence-electron chi connectivity index (χ0n) is 13.3. The number of hydrogen-bond acceptors (Lipinski definition) is 2. The van der Waals surface area contributed by atoms with Crippen molar-refractivity contribution in [1.82, 2.24) is 15.1 Å². The first-order chi connectivity index (χ1) is 10.2. The van der Waals surface area contributed by atoms with Crippen LogP contribution in [0.2, 0.25) is 5.02 Å². The second kappa shape index (κ2) is 6.70. The molecule has 1 heterocycles. The summed E-state index contributed by atoms with van der Waals surface area (Å²) < 4.78 is 2.14. The van der Waals surface area contributed by atoms with Crippen LogP contribution in [0.3, 0.4) is 0 Å². The van der Waals surface area contributed by atoms with Crippen LogP contribution in [0.4, 0.5) is 0 Å². The molecule has 2 aliphatic rings. The number of rotatable bonds is 7. The van der Waals surface area contributed by atoms with Crippen molar-refractivity contribution >= 4 is 11.6 Å². The van der Waals surface area contributed by atoms with Crippen LogP contribution < -0.4 is 5.32 Å². The highest BCUT2D eigenvalue weighted by Crippen LogP contribution is 2.53. The van der Waals surface area contributed by atoms with E-state index in [-0.39, 0.29) is 0 Å². The summed E-state index contributed by atoms with van der Waals surface area (Å²) in [7, 11) is 0. The third kappa shape index (κ3) is 3.00. The van der Waals surface area contributed by atoms with Crippen LogP contribution in [0.5, 0.6) is 0 Å². The van der Waals surface area contributed by atoms with E-state index in [2.05, 4.69) is 28.9 Å². The Labute approximate surface area is 133 Å². The van der Waals surface area contributed by atoms with E-state index in [0.717, 1.165) is 48.7 Å². The molecule has 21 heavy (non-hydrogen) atoms. The van der Waals surface area contributed by atoms with Gasteiger partial charge in [0.2, 0.25) is 0 Å². The first kappa shape index (κ1) is 15.4. The number of halogens is 1. The van der Waals surface area contributed by atoms with Crippen LogP contribution in [0.1, 0.15) is 64.1 Å². The number of fused-ring (bicyclic) bond motifs is 2. The van der Waals surface area contributed by atoms with Gasteiger partial charge in [-0.1, -0.05) is 31.9 Å². The molecule has 3 rings (SSSR count). The van der Waals surface area contributed by atoms with E-state index in [4.69, 9.17) is 11.6 Å². The Kier molecular flexibility index (Phi) is 4.90. The molecule has 2 fully saturated rings. The van der Waals surface area contributed by atoms with Gasteiger partial charge in [-0.3, -0.25) is 4.68 Å². The van der Waals surface area contributed by atoms with Crippen LogP contribution in [-0.4, -0.2) is 16.3 Å². The van der Waals surface area contributed by atoms with Gasteiger partial charge in [0.05, 0.1) is 23.0 Å². The SMILES string of the molecule is CCCNC(c1c(Cl)cnn1CCC)C1CC2CCC1C2. The number of nitrogens with one attached hydrogen (secondary N) is 1. The second-order valence-electron chi connectivity index (χ2n) is 6.87. The van der Waals surface area contributed by atoms with E-state index < -0.39 is 0 Å². The molecule has 2 saturated carbocycles. The van der Waals surface area contributed by atoms with Crippen LogP contribution >= 0.6 is 11.6 Å². The van der Waals surface area contributed by atoms with Crippen LogP contribution in [-0.2, 0) is 6.54 Å². The van der Waals surface area contributed by atoms with Crippen molar-refractivity contribution in [1.29, 1.82) is 0 Å². The molecule has 1 N–H and O–H groups in total. The van der Waals surface area contributed by atoms with Crippen molar-refractivity contribution in [2.24, 2.45) is 17.8 Å². The summed E-state index contributed by atoms with van der Waals surface area (Å²) in [5.74, 6) is 2.61. The highest BCUT2D eigenvalue weighted by molar-refractivity contribution is 6.31. The van der Waals surface area contributed by atoms with Gasteiger partial charge in [-0.25, -0.2) is 0 Å². The fourth-order valence-electron chi connectivity index (χ4n) is 4.52. The molecular weight excluding hydrogens is 282 g/mol. The number of aromatic nitrogens is 2. The predicted octanol–water partition coefficient (Wildman–Crippen LogP) is 4.42. The maximum atomic E-state index is 6.51. The average molecular weight is 310 g/mol. The van der Waals surface area contributed by atoms with Gasteiger partial charge in [-0.2, -0.15) is 5.10 Å². The summed E-state index contributed by atoms with van der Waals surface area (Å²) in [6.45, 7) is 6.46. The van der Waals surface area contributed by atoms with Crippen molar-refractivity contribution in [3.8, 4) is 0 Å². The zero-order chi connectivity index (χ0) is 14.8. The number of nitrogens with zero attached hydrogens (tertiary/aromatic N) is 2. The van der Waals surface area contributed by atoms with Gasteiger partial charge in [0, 0.05) is 6.54 Å². The molecule has 118 valence electrons. The molecule has 1 aromatic rings. The van der Waals surface area contributed by atoms with Crippen molar-refractivity contribution < 1.29 is 0 Å². The Hall–Kier alpha value is -0.540. The normalized spacial score (nSPS) is 29.2. The van der Waals surface area contributed by atoms with Crippen molar-refractivity contribution in [2.75, 3.05) is 6.54 Å². The largest absolute Gasteiger partial charge is 0.308 e. The summed E-state index contributed by atoms with van der Waals surface area (Å²) in [5.41, 5.74) is 1.24. The van der Waals surface area contributed by atoms with E-state index in [1.165, 1.54) is 31.4 Å². The second-order valence-corrected chi connectivity index (χ2v) is 7.28. The lowest BCUT2D eigenvalue weighted by Gasteiger charge is -2.32. The van der Waals surface area contributed by atoms with E-state index in [0.29, 0.717) is 6.04 Å². The molecule has 3 nitrogen and oxygen atoms in total. The minimum absolute atomic E-state index is 0.391. The maximum absolute atomic E-state index is 6.51. The van der Waals surface area contributed by atoms with E-state index >= 15 is 0 Å². The van der Waals surface area contributed by atoms with E-state index in [9.17, 15) is 0 Å². The van der Waals surface area contributed by atoms with Gasteiger partial charge < -0.3 is 5.32 Å². The van der Waals surface area contributed by atoms with Crippen LogP contribution in [0.15, 0.2) is 6.20 Å². The molecule has 0 aliphatic heterocycles. The third-order valence-electron chi connectivity index (χ3n) is 5.40. The highest BCUT2D eigenvalue weighted by atomic mass is 35.5. The first-order valence-corrected chi connectivity index (χ1v) is 9.06. The molecule has 2 bridgehead atoms. The van der Waals surface area contributed by atoms with E-state index in [1.807, 2.05) is 6.20 Å². The summed E-state index contributed by atoms with van der Waals surface area (Å²) in [6, 6.07) is 0.391. The predicted molar refractivity (Wildman–Crippen MR) is 87.5 cm³/mol. The van der Waals surface area contributed by atoms with Gasteiger partial charge in [0.1, 0.15) is 0 Å². The monoisotopic (exact) mass is 309 g/mol. The third-order valence-corrected chi connectivity index (χ3v) is 5.69. The lowest BCUT2D eigenvalue weighted by molar-refractivity contribution is 0.241. The molecular formula is C17H28ClN3. The van der Waals surface area contributed by atoms with Gasteiger partial charge in [0.25, 0.3) is 0 Å². The molecule has 0 radical (unpaired) electrons. The fourth-order valence-corrected chi connectivity index (χ4v) is 4.78. The molecule has 4 heteroatoms. The Morgan fingerprint density at radius 2 is 2.19 bits per heavy atom. The standard InChI is InChI=1S/C17H28ClN3/c1-3-7-19-16(14-10-12-5-6-13(14)9-12)17-15(18)11-20-21(17)8-4-2/h11-14,16,19H,3-10H2,1-2H3. The topological polar surface area (TPSA) is 29.9 Å². The molecule has 0 amide bonds. The fraction of sp³-hybridized carbons (Fsp3) is 0.824. The molecule has 2 aliphatic carbocycles. The van der Waals surface area contributed by atoms with Gasteiger partial charge in [-0.05, 0) is 56.4 Å². The number of aryl methyl sites for hydroxylation is 1. The summed E-state index contributed by atoms with van der Waals surface area (Å²) in [5, 5.41) is 9.15. The Bertz CT molecular complexity index is 471. The van der Waals surface area contributed by atoms with Crippen LogP contribution in [0, 0.1) is 17.8 Å². The minimum atomic E-state index is 0.391. The highest BCUT2D eigenvalue weighted by Gasteiger charge is 2.44. The van der Waals surface area contributed by atoms with Crippen LogP contribution in [0.25, 0.3) is 0 Å². The smallest absolute Gasteiger partial charge is 0.0834 e. The molecule has 4 atom stereocenters. The van der Waals surface area contributed by atoms with Crippen molar-refractivity contribution in [3.05, 3.63) is 16.9 Å². The Balaban J connectivity index is 1.86. The molecule has 0 spiro atoms. The summed E-state index contributed by atoms with van der Waals surface area (Å²) >= 11 is 6.51. The molecule has 0 aromatic carbocycles. The summed E-state index contributed by atoms with van der Waals surface area (Å²) in [4.78, 5) is 0. The summed E-state index contributed by atoms with van der Waals surface area (Å²) in [6.07, 6.45) is 9.77. The average Bonchev–Trinajstić information content (AvgIpc) is 3.18. The lowest BCUT2D eigenvalue weighted by Crippen LogP contribution is -2.34. The van der Waals surface area contributed by atoms with Crippen molar-refractivity contribution in [3.63, 3.8) is 0 Å². The van der Waals surface area contributed by atoms with Gasteiger partial charge in [-0.15, -0.1) is 0 Å². The zero-order valence-corrected chi connectivity index (χ0v) is 14.1. The van der Waals surface area contributed by atoms with Gasteiger partial charge in [0.15, 0.2) is 0 Å². The maximum Gasteiger partial charge on any atom is 0.0834 e. The Morgan fingerprint density at radius 1 is 1.33 bits per heavy atom. The van der Waals surface area contributed by atoms with Gasteiger partial charge >= 0.3 is 0 Å². The molecule has 1 aromatic heterocycles. The molecule has 0 saturated heterocycles. The van der Waals surface area contributed by atoms with Crippen molar-refractivity contribution in [2.45, 2.75) is 65.0 Å². The minimum Gasteiger partial charge on any atom is -0.308 e. The molecule has 4 unspecified atom stereocenters. The number of hydrogen-bond donors (Lipinski definition) is 1. The first-order valence-electron chi connectivity index (χ1n) is 8.69.